The molecule has 188 valence electrons. The minimum Gasteiger partial charge on any atom is -0.311 e. The van der Waals surface area contributed by atoms with Crippen LogP contribution >= 0.6 is 11.8 Å². The minimum atomic E-state index is -0.712. The van der Waals surface area contributed by atoms with Crippen LogP contribution in [0.15, 0.2) is 76.9 Å². The van der Waals surface area contributed by atoms with Crippen LogP contribution in [0.3, 0.4) is 0 Å². The van der Waals surface area contributed by atoms with Crippen LogP contribution < -0.4 is 5.62 Å². The van der Waals surface area contributed by atoms with Crippen molar-refractivity contribution in [2.45, 2.75) is 43.3 Å². The summed E-state index contributed by atoms with van der Waals surface area (Å²) in [5, 5.41) is 20.5. The number of hydrogen-bond donors (Lipinski definition) is 0. The average molecular weight is 518 g/mol. The lowest BCUT2D eigenvalue weighted by atomic mass is 9.91. The van der Waals surface area contributed by atoms with Crippen LogP contribution in [0.25, 0.3) is 38.8 Å². The largest absolute Gasteiger partial charge is 0.311 e. The van der Waals surface area contributed by atoms with Crippen LogP contribution in [0.5, 0.6) is 0 Å². The Hall–Kier alpha value is -4.40. The maximum atomic E-state index is 9.53. The minimum absolute atomic E-state index is 0.464. The number of aromatic nitrogens is 4. The molecule has 0 unspecified atom stereocenters. The quantitative estimate of drug-likeness (QED) is 0.202. The zero-order valence-electron chi connectivity index (χ0n) is 22.0. The number of hydrogen-bond acceptors (Lipinski definition) is 6. The number of benzene rings is 2. The molecule has 0 aliphatic heterocycles. The Kier molecular flexibility index (Phi) is 6.52. The lowest BCUT2D eigenvalue weighted by Crippen LogP contribution is -2.23. The molecule has 3 aromatic heterocycles. The summed E-state index contributed by atoms with van der Waals surface area (Å²) in [5.41, 5.74) is 5.93. The van der Waals surface area contributed by atoms with Gasteiger partial charge in [0.25, 0.3) is 0 Å². The van der Waals surface area contributed by atoms with Crippen molar-refractivity contribution in [2.24, 2.45) is 12.0 Å². The number of pyridine rings is 2. The van der Waals surface area contributed by atoms with E-state index in [1.807, 2.05) is 72.4 Å². The molecule has 0 N–H and O–H groups in total. The van der Waals surface area contributed by atoms with Crippen molar-refractivity contribution < 1.29 is 0 Å². The Morgan fingerprint density at radius 3 is 2.32 bits per heavy atom. The summed E-state index contributed by atoms with van der Waals surface area (Å²) in [4.78, 5) is 14.7. The molecule has 5 aromatic rings. The van der Waals surface area contributed by atoms with Gasteiger partial charge in [-0.15, -0.1) is 16.8 Å². The summed E-state index contributed by atoms with van der Waals surface area (Å²) < 4.78 is 3.80. The number of fused-ring (bicyclic) bond motifs is 3. The zero-order chi connectivity index (χ0) is 27.0. The van der Waals surface area contributed by atoms with E-state index in [-0.39, 0.29) is 0 Å². The highest BCUT2D eigenvalue weighted by Gasteiger charge is 2.22. The predicted octanol–water partition coefficient (Wildman–Crippen LogP) is 6.26. The van der Waals surface area contributed by atoms with Crippen molar-refractivity contribution in [2.75, 3.05) is 0 Å². The maximum absolute atomic E-state index is 9.53. The monoisotopic (exact) mass is 517 g/mol. The fourth-order valence-corrected chi connectivity index (χ4v) is 5.38. The van der Waals surface area contributed by atoms with Gasteiger partial charge in [0.15, 0.2) is 0 Å². The molecule has 8 heteroatoms. The second kappa shape index (κ2) is 9.81. The second-order valence-electron chi connectivity index (χ2n) is 9.96. The van der Waals surface area contributed by atoms with Gasteiger partial charge in [-0.3, -0.25) is 14.5 Å². The summed E-state index contributed by atoms with van der Waals surface area (Å²) in [6.07, 6.45) is 5.48. The molecule has 0 fully saturated rings. The van der Waals surface area contributed by atoms with Crippen LogP contribution in [0, 0.1) is 22.8 Å². The van der Waals surface area contributed by atoms with Crippen LogP contribution in [0.2, 0.25) is 0 Å². The van der Waals surface area contributed by atoms with Crippen molar-refractivity contribution in [3.05, 3.63) is 78.3 Å². The average Bonchev–Trinajstić information content (AvgIpc) is 3.20. The van der Waals surface area contributed by atoms with E-state index in [4.69, 9.17) is 4.98 Å². The van der Waals surface area contributed by atoms with Gasteiger partial charge in [0, 0.05) is 22.6 Å². The Labute approximate surface area is 225 Å². The number of thioether (sulfide) groups is 1. The third kappa shape index (κ3) is 4.44. The van der Waals surface area contributed by atoms with Gasteiger partial charge in [-0.25, -0.2) is 0 Å². The number of nitriles is 2. The van der Waals surface area contributed by atoms with E-state index in [0.717, 1.165) is 38.8 Å². The Morgan fingerprint density at radius 1 is 0.947 bits per heavy atom. The van der Waals surface area contributed by atoms with E-state index in [1.54, 1.807) is 6.20 Å². The molecule has 7 nitrogen and oxygen atoms in total. The summed E-state index contributed by atoms with van der Waals surface area (Å²) in [5.74, 6) is 0. The zero-order valence-corrected chi connectivity index (χ0v) is 22.8. The molecular formula is C30H27N7S. The molecule has 0 aliphatic carbocycles. The molecule has 0 bridgehead atoms. The molecule has 0 spiro atoms. The van der Waals surface area contributed by atoms with Gasteiger partial charge in [-0.1, -0.05) is 32.0 Å². The molecule has 38 heavy (non-hydrogen) atoms. The summed E-state index contributed by atoms with van der Waals surface area (Å²) in [7, 11) is 1.87. The van der Waals surface area contributed by atoms with Crippen molar-refractivity contribution in [1.29, 1.82) is 10.5 Å². The third-order valence-electron chi connectivity index (χ3n) is 6.54. The molecule has 0 radical (unpaired) electrons. The van der Waals surface area contributed by atoms with Gasteiger partial charge in [-0.05, 0) is 61.4 Å². The SMILES string of the molecule is CC(C)Sc1ccc(-c2ccc3ncc4c(c3c2)n(-c2ccc(C(C)(C)C#N)nc2)/c(=N\C#N)n4C)cc1. The third-order valence-corrected chi connectivity index (χ3v) is 7.56. The first-order chi connectivity index (χ1) is 18.2. The van der Waals surface area contributed by atoms with E-state index < -0.39 is 5.41 Å². The van der Waals surface area contributed by atoms with Crippen LogP contribution in [-0.4, -0.2) is 24.4 Å². The molecule has 0 saturated heterocycles. The van der Waals surface area contributed by atoms with Crippen LogP contribution in [0.1, 0.15) is 33.4 Å². The normalized spacial score (nSPS) is 12.3. The maximum Gasteiger partial charge on any atom is 0.226 e. The van der Waals surface area contributed by atoms with E-state index in [9.17, 15) is 10.5 Å². The van der Waals surface area contributed by atoms with Gasteiger partial charge in [0.1, 0.15) is 0 Å². The van der Waals surface area contributed by atoms with Gasteiger partial charge in [0.2, 0.25) is 11.8 Å². The lowest BCUT2D eigenvalue weighted by molar-refractivity contribution is 0.658. The molecule has 0 aliphatic rings. The summed E-state index contributed by atoms with van der Waals surface area (Å²) >= 11 is 1.84. The highest BCUT2D eigenvalue weighted by Crippen LogP contribution is 2.32. The van der Waals surface area contributed by atoms with Gasteiger partial charge in [0.05, 0.1) is 51.8 Å². The first kappa shape index (κ1) is 25.3. The van der Waals surface area contributed by atoms with Crippen molar-refractivity contribution >= 4 is 33.7 Å². The lowest BCUT2D eigenvalue weighted by Gasteiger charge is -2.15. The highest BCUT2D eigenvalue weighted by atomic mass is 32.2. The van der Waals surface area contributed by atoms with Crippen molar-refractivity contribution in [1.82, 2.24) is 19.1 Å². The van der Waals surface area contributed by atoms with Crippen molar-refractivity contribution in [3.63, 3.8) is 0 Å². The Bertz CT molecular complexity index is 1810. The Morgan fingerprint density at radius 2 is 1.68 bits per heavy atom. The second-order valence-corrected chi connectivity index (χ2v) is 11.6. The molecule has 0 amide bonds. The molecular weight excluding hydrogens is 490 g/mol. The summed E-state index contributed by atoms with van der Waals surface area (Å²) in [6, 6.07) is 20.9. The summed E-state index contributed by atoms with van der Waals surface area (Å²) in [6.45, 7) is 8.06. The Balaban J connectivity index is 1.75. The van der Waals surface area contributed by atoms with E-state index in [2.05, 4.69) is 66.3 Å². The van der Waals surface area contributed by atoms with E-state index in [0.29, 0.717) is 16.6 Å². The number of imidazole rings is 1. The molecule has 2 aromatic carbocycles. The smallest absolute Gasteiger partial charge is 0.226 e. The van der Waals surface area contributed by atoms with Gasteiger partial charge >= 0.3 is 0 Å². The standard InChI is InChI=1S/C30H27N7S/c1-19(2)38-23-10-6-20(7-11-23)21-8-12-25-24(14-21)28-26(16-33-25)36(5)29(35-18-32)37(28)22-9-13-27(34-15-22)30(3,4)17-31/h6-16,19H,1-5H3/b35-29-. The first-order valence-electron chi connectivity index (χ1n) is 12.3. The van der Waals surface area contributed by atoms with Gasteiger partial charge in [-0.2, -0.15) is 10.5 Å². The van der Waals surface area contributed by atoms with E-state index >= 15 is 0 Å². The van der Waals surface area contributed by atoms with Crippen LogP contribution in [0.4, 0.5) is 0 Å². The molecule has 0 saturated carbocycles. The fraction of sp³-hybridized carbons (Fsp3) is 0.233. The number of rotatable bonds is 5. The highest BCUT2D eigenvalue weighted by molar-refractivity contribution is 7.99. The number of nitrogens with zero attached hydrogens (tertiary/aromatic N) is 7. The molecule has 5 rings (SSSR count). The fourth-order valence-electron chi connectivity index (χ4n) is 4.54. The van der Waals surface area contributed by atoms with E-state index in [1.165, 1.54) is 4.90 Å². The first-order valence-corrected chi connectivity index (χ1v) is 13.2. The number of aryl methyl sites for hydroxylation is 1. The van der Waals surface area contributed by atoms with Gasteiger partial charge < -0.3 is 4.57 Å². The molecule has 3 heterocycles. The van der Waals surface area contributed by atoms with Crippen molar-refractivity contribution in [3.8, 4) is 29.1 Å². The topological polar surface area (TPSA) is 95.6 Å². The molecule has 0 atom stereocenters. The van der Waals surface area contributed by atoms with Crippen LogP contribution in [-0.2, 0) is 12.5 Å². The predicted molar refractivity (Wildman–Crippen MR) is 152 cm³/mol.